The molecule has 0 spiro atoms. The van der Waals surface area contributed by atoms with Gasteiger partial charge in [0.05, 0.1) is 6.61 Å². The number of hydrogen-bond donors (Lipinski definition) is 1. The van der Waals surface area contributed by atoms with E-state index in [1.807, 2.05) is 18.2 Å². The number of nitrogens with one attached hydrogen (secondary N) is 1. The molecule has 1 atom stereocenters. The molecular weight excluding hydrogens is 332 g/mol. The van der Waals surface area contributed by atoms with Crippen molar-refractivity contribution in [3.8, 4) is 0 Å². The van der Waals surface area contributed by atoms with Gasteiger partial charge in [-0.1, -0.05) is 39.0 Å². The van der Waals surface area contributed by atoms with E-state index in [0.29, 0.717) is 17.4 Å². The summed E-state index contributed by atoms with van der Waals surface area (Å²) in [7, 11) is 0. The number of carbonyl (C=O) groups excluding carboxylic acids is 1. The molecule has 1 aromatic carbocycles. The molecule has 2 rings (SSSR count). The molecular formula is C18H23F2NO2S. The molecule has 24 heavy (non-hydrogen) atoms. The summed E-state index contributed by atoms with van der Waals surface area (Å²) in [5, 5.41) is 2.79. The van der Waals surface area contributed by atoms with Gasteiger partial charge in [0.1, 0.15) is 4.91 Å². The molecule has 1 aliphatic heterocycles. The van der Waals surface area contributed by atoms with Crippen LogP contribution in [0.1, 0.15) is 38.7 Å². The largest absolute Gasteiger partial charge is 0.490 e. The predicted octanol–water partition coefficient (Wildman–Crippen LogP) is 5.01. The quantitative estimate of drug-likeness (QED) is 0.779. The van der Waals surface area contributed by atoms with Crippen LogP contribution < -0.4 is 5.32 Å². The lowest BCUT2D eigenvalue weighted by Gasteiger charge is -2.22. The highest BCUT2D eigenvalue weighted by Crippen LogP contribution is 2.33. The van der Waals surface area contributed by atoms with Crippen molar-refractivity contribution in [2.45, 2.75) is 39.5 Å². The van der Waals surface area contributed by atoms with Gasteiger partial charge in [0.15, 0.2) is 5.76 Å². The van der Waals surface area contributed by atoms with E-state index in [1.165, 1.54) is 0 Å². The number of halogens is 2. The van der Waals surface area contributed by atoms with Crippen LogP contribution in [-0.2, 0) is 9.53 Å². The van der Waals surface area contributed by atoms with Crippen molar-refractivity contribution >= 4 is 23.4 Å². The van der Waals surface area contributed by atoms with Crippen molar-refractivity contribution in [2.75, 3.05) is 17.7 Å². The third-order valence-corrected chi connectivity index (χ3v) is 4.83. The average Bonchev–Trinajstić information content (AvgIpc) is 2.54. The van der Waals surface area contributed by atoms with Crippen molar-refractivity contribution in [3.63, 3.8) is 0 Å². The number of benzene rings is 1. The lowest BCUT2D eigenvalue weighted by molar-refractivity contribution is -0.112. The van der Waals surface area contributed by atoms with Crippen LogP contribution in [-0.4, -0.2) is 24.7 Å². The lowest BCUT2D eigenvalue weighted by atomic mass is 9.91. The molecule has 0 saturated heterocycles. The van der Waals surface area contributed by atoms with E-state index in [-0.39, 0.29) is 17.4 Å². The zero-order chi connectivity index (χ0) is 17.7. The number of thioether (sulfide) groups is 1. The SMILES string of the molecule is CC(C)CC(C)c1ccccc1NC(=O)C1=C(C(F)F)OCCS1. The number of allylic oxidation sites excluding steroid dienone is 1. The van der Waals surface area contributed by atoms with Gasteiger partial charge in [-0.3, -0.25) is 4.79 Å². The van der Waals surface area contributed by atoms with Crippen LogP contribution in [0.25, 0.3) is 0 Å². The van der Waals surface area contributed by atoms with Crippen LogP contribution in [0.2, 0.25) is 0 Å². The number of amides is 1. The second-order valence-electron chi connectivity index (χ2n) is 6.26. The summed E-state index contributed by atoms with van der Waals surface area (Å²) in [6.07, 6.45) is -1.80. The standard InChI is InChI=1S/C18H23F2NO2S/c1-11(2)10-12(3)13-6-4-5-7-14(13)21-18(22)16-15(17(19)20)23-8-9-24-16/h4-7,11-12,17H,8-10H2,1-3H3,(H,21,22). The molecule has 6 heteroatoms. The van der Waals surface area contributed by atoms with Gasteiger partial charge < -0.3 is 10.1 Å². The van der Waals surface area contributed by atoms with Crippen molar-refractivity contribution in [2.24, 2.45) is 5.92 Å². The molecule has 0 saturated carbocycles. The molecule has 1 heterocycles. The minimum Gasteiger partial charge on any atom is -0.490 e. The highest BCUT2D eigenvalue weighted by Gasteiger charge is 2.28. The molecule has 1 aromatic rings. The third-order valence-electron chi connectivity index (χ3n) is 3.78. The van der Waals surface area contributed by atoms with Gasteiger partial charge in [-0.2, -0.15) is 0 Å². The molecule has 3 nitrogen and oxygen atoms in total. The first-order valence-electron chi connectivity index (χ1n) is 8.08. The van der Waals surface area contributed by atoms with Crippen molar-refractivity contribution < 1.29 is 18.3 Å². The summed E-state index contributed by atoms with van der Waals surface area (Å²) in [6, 6.07) is 7.52. The summed E-state index contributed by atoms with van der Waals surface area (Å²) in [5.41, 5.74) is 1.68. The first-order chi connectivity index (χ1) is 11.4. The highest BCUT2D eigenvalue weighted by molar-refractivity contribution is 8.04. The van der Waals surface area contributed by atoms with Crippen LogP contribution in [0.3, 0.4) is 0 Å². The Kier molecular flexibility index (Phi) is 6.66. The molecule has 1 amide bonds. The van der Waals surface area contributed by atoms with Crippen molar-refractivity contribution in [1.29, 1.82) is 0 Å². The molecule has 1 unspecified atom stereocenters. The number of hydrogen-bond acceptors (Lipinski definition) is 3. The Morgan fingerprint density at radius 3 is 2.67 bits per heavy atom. The van der Waals surface area contributed by atoms with Crippen molar-refractivity contribution in [1.82, 2.24) is 0 Å². The summed E-state index contributed by atoms with van der Waals surface area (Å²) in [6.45, 7) is 6.59. The van der Waals surface area contributed by atoms with Crippen LogP contribution in [0.15, 0.2) is 34.9 Å². The molecule has 132 valence electrons. The first-order valence-corrected chi connectivity index (χ1v) is 9.07. The minimum absolute atomic E-state index is 0.0254. The van der Waals surface area contributed by atoms with E-state index < -0.39 is 18.1 Å². The fourth-order valence-electron chi connectivity index (χ4n) is 2.83. The summed E-state index contributed by atoms with van der Waals surface area (Å²) >= 11 is 1.11. The van der Waals surface area contributed by atoms with E-state index >= 15 is 0 Å². The van der Waals surface area contributed by atoms with Crippen LogP contribution >= 0.6 is 11.8 Å². The number of rotatable bonds is 6. The molecule has 1 aliphatic rings. The van der Waals surface area contributed by atoms with Gasteiger partial charge in [0.25, 0.3) is 12.3 Å². The van der Waals surface area contributed by atoms with E-state index in [2.05, 4.69) is 26.1 Å². The Labute approximate surface area is 145 Å². The van der Waals surface area contributed by atoms with Gasteiger partial charge >= 0.3 is 0 Å². The van der Waals surface area contributed by atoms with Crippen LogP contribution in [0.4, 0.5) is 14.5 Å². The average molecular weight is 355 g/mol. The monoisotopic (exact) mass is 355 g/mol. The maximum absolute atomic E-state index is 13.0. The van der Waals surface area contributed by atoms with E-state index in [9.17, 15) is 13.6 Å². The second kappa shape index (κ2) is 8.51. The number of alkyl halides is 2. The van der Waals surface area contributed by atoms with Gasteiger partial charge in [-0.15, -0.1) is 11.8 Å². The molecule has 0 aliphatic carbocycles. The van der Waals surface area contributed by atoms with Crippen molar-refractivity contribution in [3.05, 3.63) is 40.5 Å². The Bertz CT molecular complexity index is 617. The zero-order valence-corrected chi connectivity index (χ0v) is 15.0. The third kappa shape index (κ3) is 4.72. The maximum Gasteiger partial charge on any atom is 0.296 e. The van der Waals surface area contributed by atoms with Gasteiger partial charge in [-0.25, -0.2) is 8.78 Å². The Balaban J connectivity index is 2.23. The van der Waals surface area contributed by atoms with Crippen LogP contribution in [0.5, 0.6) is 0 Å². The van der Waals surface area contributed by atoms with Gasteiger partial charge in [0, 0.05) is 11.4 Å². The number of ether oxygens (including phenoxy) is 1. The first kappa shape index (κ1) is 18.8. The molecule has 0 bridgehead atoms. The fraction of sp³-hybridized carbons (Fsp3) is 0.500. The fourth-order valence-corrected chi connectivity index (χ4v) is 3.67. The summed E-state index contributed by atoms with van der Waals surface area (Å²) < 4.78 is 31.1. The summed E-state index contributed by atoms with van der Waals surface area (Å²) in [5.74, 6) is 0.236. The Hall–Kier alpha value is -1.56. The summed E-state index contributed by atoms with van der Waals surface area (Å²) in [4.78, 5) is 12.5. The van der Waals surface area contributed by atoms with Gasteiger partial charge in [-0.05, 0) is 29.9 Å². The van der Waals surface area contributed by atoms with E-state index in [0.717, 1.165) is 23.7 Å². The predicted molar refractivity (Wildman–Crippen MR) is 94.4 cm³/mol. The lowest BCUT2D eigenvalue weighted by Crippen LogP contribution is -2.22. The molecule has 0 fully saturated rings. The Morgan fingerprint density at radius 2 is 2.00 bits per heavy atom. The van der Waals surface area contributed by atoms with Crippen LogP contribution in [0, 0.1) is 5.92 Å². The van der Waals surface area contributed by atoms with E-state index in [4.69, 9.17) is 4.74 Å². The number of carbonyl (C=O) groups is 1. The zero-order valence-electron chi connectivity index (χ0n) is 14.1. The normalized spacial score (nSPS) is 16.3. The number of para-hydroxylation sites is 1. The number of anilines is 1. The molecule has 1 N–H and O–H groups in total. The topological polar surface area (TPSA) is 38.3 Å². The second-order valence-corrected chi connectivity index (χ2v) is 7.37. The van der Waals surface area contributed by atoms with Gasteiger partial charge in [0.2, 0.25) is 0 Å². The smallest absolute Gasteiger partial charge is 0.296 e. The maximum atomic E-state index is 13.0. The molecule has 0 radical (unpaired) electrons. The Morgan fingerprint density at radius 1 is 1.29 bits per heavy atom. The molecule has 0 aromatic heterocycles. The minimum atomic E-state index is -2.78. The van der Waals surface area contributed by atoms with E-state index in [1.54, 1.807) is 6.07 Å². The highest BCUT2D eigenvalue weighted by atomic mass is 32.2.